The molecule has 0 aromatic carbocycles. The van der Waals surface area contributed by atoms with Crippen molar-refractivity contribution in [2.45, 2.75) is 26.2 Å². The van der Waals surface area contributed by atoms with Crippen LogP contribution in [-0.2, 0) is 5.41 Å². The predicted molar refractivity (Wildman–Crippen MR) is 98.4 cm³/mol. The van der Waals surface area contributed by atoms with E-state index in [0.717, 1.165) is 19.7 Å². The third kappa shape index (κ3) is 3.36. The van der Waals surface area contributed by atoms with Gasteiger partial charge < -0.3 is 4.90 Å². The third-order valence-corrected chi connectivity index (χ3v) is 6.56. The highest BCUT2D eigenvalue weighted by atomic mass is 32.1. The van der Waals surface area contributed by atoms with Crippen LogP contribution in [0.3, 0.4) is 0 Å². The second-order valence-corrected chi connectivity index (χ2v) is 9.30. The highest BCUT2D eigenvalue weighted by molar-refractivity contribution is 7.29. The Morgan fingerprint density at radius 3 is 2.48 bits per heavy atom. The minimum atomic E-state index is -0.164. The number of thiazole rings is 1. The summed E-state index contributed by atoms with van der Waals surface area (Å²) < 4.78 is 1.02. The lowest BCUT2D eigenvalue weighted by atomic mass is 9.98. The minimum Gasteiger partial charge on any atom is -0.354 e. The number of rotatable bonds is 3. The van der Waals surface area contributed by atoms with Crippen LogP contribution in [0.4, 0.5) is 10.3 Å². The molecule has 3 heterocycles. The Morgan fingerprint density at radius 1 is 1.17 bits per heavy atom. The molecule has 0 bridgehead atoms. The number of hydrogen-bond acceptors (Lipinski definition) is 8. The number of hydrogen-bond donors (Lipinski definition) is 1. The number of anilines is 2. The fraction of sp³-hybridized carbons (Fsp3) is 0.429. The number of amides is 1. The summed E-state index contributed by atoms with van der Waals surface area (Å²) in [7, 11) is 3.91. The van der Waals surface area contributed by atoms with E-state index < -0.39 is 0 Å². The number of nitrogens with zero attached hydrogens (tertiary/aromatic N) is 4. The first-order valence-electron chi connectivity index (χ1n) is 6.97. The summed E-state index contributed by atoms with van der Waals surface area (Å²) in [5, 5.41) is 13.4. The maximum absolute atomic E-state index is 12.4. The summed E-state index contributed by atoms with van der Waals surface area (Å²) in [5.74, 6) is -0.164. The summed E-state index contributed by atoms with van der Waals surface area (Å²) in [4.78, 5) is 20.4. The zero-order valence-electron chi connectivity index (χ0n) is 13.5. The zero-order chi connectivity index (χ0) is 16.8. The summed E-state index contributed by atoms with van der Waals surface area (Å²) in [6.45, 7) is 6.21. The molecule has 23 heavy (non-hydrogen) atoms. The van der Waals surface area contributed by atoms with Gasteiger partial charge in [0.15, 0.2) is 5.13 Å². The number of fused-ring (bicyclic) bond motifs is 1. The number of carbonyl (C=O) groups excluding carboxylic acids is 1. The molecular formula is C14H17N5OS3. The van der Waals surface area contributed by atoms with E-state index in [4.69, 9.17) is 0 Å². The standard InChI is InChI=1S/C14H17N5OS3/c1-14(2,3)11-17-18-12(23-11)15-9(20)7-6-8-10(21-7)16-13(22-8)19(4)5/h6H,1-5H3,(H,15,18,20). The number of nitrogens with one attached hydrogen (secondary N) is 1. The Hall–Kier alpha value is -1.58. The van der Waals surface area contributed by atoms with Crippen molar-refractivity contribution in [1.29, 1.82) is 0 Å². The van der Waals surface area contributed by atoms with Crippen molar-refractivity contribution in [2.24, 2.45) is 0 Å². The smallest absolute Gasteiger partial charge is 0.267 e. The molecule has 0 aliphatic rings. The van der Waals surface area contributed by atoms with E-state index in [1.165, 1.54) is 22.7 Å². The molecule has 0 spiro atoms. The molecular weight excluding hydrogens is 350 g/mol. The Morgan fingerprint density at radius 2 is 1.91 bits per heavy atom. The van der Waals surface area contributed by atoms with Gasteiger partial charge in [0.25, 0.3) is 5.91 Å². The molecule has 9 heteroatoms. The van der Waals surface area contributed by atoms with Crippen LogP contribution < -0.4 is 10.2 Å². The molecule has 0 unspecified atom stereocenters. The lowest BCUT2D eigenvalue weighted by molar-refractivity contribution is 0.103. The maximum Gasteiger partial charge on any atom is 0.267 e. The van der Waals surface area contributed by atoms with Crippen molar-refractivity contribution >= 4 is 59.7 Å². The van der Waals surface area contributed by atoms with E-state index in [1.54, 1.807) is 11.3 Å². The highest BCUT2D eigenvalue weighted by Crippen LogP contribution is 2.34. The van der Waals surface area contributed by atoms with Gasteiger partial charge in [-0.3, -0.25) is 10.1 Å². The van der Waals surface area contributed by atoms with Crippen LogP contribution >= 0.6 is 34.0 Å². The largest absolute Gasteiger partial charge is 0.354 e. The molecule has 0 radical (unpaired) electrons. The SMILES string of the molecule is CN(C)c1nc2sc(C(=O)Nc3nnc(C(C)(C)C)s3)cc2s1. The number of aromatic nitrogens is 3. The summed E-state index contributed by atoms with van der Waals surface area (Å²) in [6, 6.07) is 1.88. The van der Waals surface area contributed by atoms with Crippen LogP contribution in [0, 0.1) is 0 Å². The molecule has 3 aromatic heterocycles. The third-order valence-electron chi connectivity index (χ3n) is 2.97. The van der Waals surface area contributed by atoms with Gasteiger partial charge in [0, 0.05) is 19.5 Å². The van der Waals surface area contributed by atoms with Gasteiger partial charge in [0.2, 0.25) is 5.13 Å². The normalized spacial score (nSPS) is 11.9. The highest BCUT2D eigenvalue weighted by Gasteiger charge is 2.21. The van der Waals surface area contributed by atoms with Crippen LogP contribution in [0.5, 0.6) is 0 Å². The second kappa shape index (κ2) is 5.81. The maximum atomic E-state index is 12.4. The second-order valence-electron chi connectivity index (χ2n) is 6.29. The van der Waals surface area contributed by atoms with E-state index >= 15 is 0 Å². The Kier molecular flexibility index (Phi) is 4.11. The van der Waals surface area contributed by atoms with Crippen LogP contribution in [0.1, 0.15) is 35.5 Å². The number of carbonyl (C=O) groups is 1. The predicted octanol–water partition coefficient (Wildman–Crippen LogP) is 3.83. The molecule has 0 fully saturated rings. The fourth-order valence-electron chi connectivity index (χ4n) is 1.76. The molecule has 6 nitrogen and oxygen atoms in total. The van der Waals surface area contributed by atoms with E-state index in [0.29, 0.717) is 10.0 Å². The van der Waals surface area contributed by atoms with Gasteiger partial charge in [-0.1, -0.05) is 43.4 Å². The molecule has 0 aliphatic carbocycles. The van der Waals surface area contributed by atoms with Gasteiger partial charge in [0.1, 0.15) is 9.84 Å². The topological polar surface area (TPSA) is 71.0 Å². The molecule has 0 aliphatic heterocycles. The van der Waals surface area contributed by atoms with Crippen molar-refractivity contribution in [1.82, 2.24) is 15.2 Å². The van der Waals surface area contributed by atoms with Crippen molar-refractivity contribution in [3.8, 4) is 0 Å². The van der Waals surface area contributed by atoms with E-state index in [1.807, 2.05) is 25.1 Å². The quantitative estimate of drug-likeness (QED) is 0.762. The minimum absolute atomic E-state index is 0.0707. The summed E-state index contributed by atoms with van der Waals surface area (Å²) in [6.07, 6.45) is 0. The summed E-state index contributed by atoms with van der Waals surface area (Å²) in [5.41, 5.74) is -0.0707. The first kappa shape index (κ1) is 16.3. The molecule has 3 aromatic rings. The van der Waals surface area contributed by atoms with Crippen molar-refractivity contribution in [2.75, 3.05) is 24.3 Å². The van der Waals surface area contributed by atoms with Crippen LogP contribution in [0.15, 0.2) is 6.07 Å². The first-order chi connectivity index (χ1) is 10.7. The van der Waals surface area contributed by atoms with Gasteiger partial charge in [-0.25, -0.2) is 4.98 Å². The zero-order valence-corrected chi connectivity index (χ0v) is 15.9. The average Bonchev–Trinajstić information content (AvgIpc) is 3.09. The van der Waals surface area contributed by atoms with Crippen molar-refractivity contribution in [3.05, 3.63) is 16.0 Å². The van der Waals surface area contributed by atoms with Crippen LogP contribution in [-0.4, -0.2) is 35.2 Å². The van der Waals surface area contributed by atoms with Gasteiger partial charge >= 0.3 is 0 Å². The Bertz CT molecular complexity index is 824. The van der Waals surface area contributed by atoms with Crippen LogP contribution in [0.25, 0.3) is 9.53 Å². The van der Waals surface area contributed by atoms with E-state index in [-0.39, 0.29) is 11.3 Å². The molecule has 0 saturated carbocycles. The molecule has 122 valence electrons. The lowest BCUT2D eigenvalue weighted by Crippen LogP contribution is -2.10. The Balaban J connectivity index is 1.78. The molecule has 0 saturated heterocycles. The monoisotopic (exact) mass is 367 g/mol. The van der Waals surface area contributed by atoms with E-state index in [9.17, 15) is 4.79 Å². The van der Waals surface area contributed by atoms with Crippen LogP contribution in [0.2, 0.25) is 0 Å². The molecule has 3 rings (SSSR count). The van der Waals surface area contributed by atoms with Gasteiger partial charge in [0.05, 0.1) is 9.58 Å². The van der Waals surface area contributed by atoms with Crippen molar-refractivity contribution in [3.63, 3.8) is 0 Å². The Labute approximate surface area is 146 Å². The van der Waals surface area contributed by atoms with E-state index in [2.05, 4.69) is 41.3 Å². The van der Waals surface area contributed by atoms with Gasteiger partial charge in [-0.05, 0) is 6.07 Å². The van der Waals surface area contributed by atoms with Crippen molar-refractivity contribution < 1.29 is 4.79 Å². The van der Waals surface area contributed by atoms with Gasteiger partial charge in [-0.2, -0.15) is 0 Å². The first-order valence-corrected chi connectivity index (χ1v) is 9.42. The number of thiophene rings is 1. The summed E-state index contributed by atoms with van der Waals surface area (Å²) >= 11 is 4.38. The molecule has 0 atom stereocenters. The molecule has 1 N–H and O–H groups in total. The lowest BCUT2D eigenvalue weighted by Gasteiger charge is -2.12. The van der Waals surface area contributed by atoms with Gasteiger partial charge in [-0.15, -0.1) is 21.5 Å². The fourth-order valence-corrected chi connectivity index (χ4v) is 4.59. The molecule has 1 amide bonds. The average molecular weight is 368 g/mol.